The molecule has 17 heavy (non-hydrogen) atoms. The van der Waals surface area contributed by atoms with Crippen LogP contribution in [-0.4, -0.2) is 39.4 Å². The van der Waals surface area contributed by atoms with Gasteiger partial charge in [0, 0.05) is 12.1 Å². The second-order valence-electron chi connectivity index (χ2n) is 3.74. The average molecular weight is 237 g/mol. The zero-order valence-corrected chi connectivity index (χ0v) is 9.86. The molecule has 0 bridgehead atoms. The number of ether oxygens (including phenoxy) is 3. The monoisotopic (exact) mass is 237 g/mol. The molecule has 1 aliphatic rings. The van der Waals surface area contributed by atoms with Crippen LogP contribution < -0.4 is 14.8 Å². The van der Waals surface area contributed by atoms with Gasteiger partial charge in [0.1, 0.15) is 0 Å². The summed E-state index contributed by atoms with van der Waals surface area (Å²) in [6, 6.07) is 5.06. The molecule has 0 aromatic heterocycles. The fourth-order valence-corrected chi connectivity index (χ4v) is 1.47. The van der Waals surface area contributed by atoms with Crippen molar-refractivity contribution in [3.05, 3.63) is 23.8 Å². The first-order valence-corrected chi connectivity index (χ1v) is 5.36. The molecule has 0 spiro atoms. The summed E-state index contributed by atoms with van der Waals surface area (Å²) in [4.78, 5) is 11.8. The number of carbonyl (C=O) groups excluding carboxylic acids is 1. The van der Waals surface area contributed by atoms with Crippen molar-refractivity contribution < 1.29 is 19.0 Å². The minimum atomic E-state index is -0.138. The van der Waals surface area contributed by atoms with Crippen molar-refractivity contribution in [1.29, 1.82) is 0 Å². The van der Waals surface area contributed by atoms with Crippen molar-refractivity contribution >= 4 is 5.91 Å². The number of amides is 1. The summed E-state index contributed by atoms with van der Waals surface area (Å²) in [6.45, 7) is 1.28. The number of carbonyl (C=O) groups is 1. The Kier molecular flexibility index (Phi) is 3.49. The van der Waals surface area contributed by atoms with Crippen molar-refractivity contribution in [3.63, 3.8) is 0 Å². The lowest BCUT2D eigenvalue weighted by atomic mass is 10.2. The summed E-state index contributed by atoms with van der Waals surface area (Å²) < 4.78 is 15.3. The highest BCUT2D eigenvalue weighted by Gasteiger charge is 2.23. The number of methoxy groups -OCH3 is 2. The molecular weight excluding hydrogens is 222 g/mol. The van der Waals surface area contributed by atoms with Crippen LogP contribution in [0.25, 0.3) is 0 Å². The molecule has 1 N–H and O–H groups in total. The van der Waals surface area contributed by atoms with Gasteiger partial charge in [-0.1, -0.05) is 0 Å². The van der Waals surface area contributed by atoms with E-state index in [-0.39, 0.29) is 12.0 Å². The van der Waals surface area contributed by atoms with Crippen LogP contribution >= 0.6 is 0 Å². The smallest absolute Gasteiger partial charge is 0.251 e. The van der Waals surface area contributed by atoms with Gasteiger partial charge in [0.05, 0.1) is 26.9 Å². The van der Waals surface area contributed by atoms with E-state index in [4.69, 9.17) is 14.2 Å². The molecule has 1 aromatic rings. The van der Waals surface area contributed by atoms with Crippen LogP contribution in [-0.2, 0) is 4.74 Å². The van der Waals surface area contributed by atoms with Gasteiger partial charge in [-0.05, 0) is 18.2 Å². The van der Waals surface area contributed by atoms with Gasteiger partial charge in [0.2, 0.25) is 0 Å². The van der Waals surface area contributed by atoms with Crippen LogP contribution in [0.15, 0.2) is 18.2 Å². The van der Waals surface area contributed by atoms with Gasteiger partial charge in [-0.3, -0.25) is 4.79 Å². The van der Waals surface area contributed by atoms with Gasteiger partial charge < -0.3 is 19.5 Å². The van der Waals surface area contributed by atoms with Crippen LogP contribution in [0.3, 0.4) is 0 Å². The first-order valence-electron chi connectivity index (χ1n) is 5.36. The van der Waals surface area contributed by atoms with E-state index in [0.29, 0.717) is 23.6 Å². The lowest BCUT2D eigenvalue weighted by Crippen LogP contribution is -2.27. The third kappa shape index (κ3) is 2.88. The predicted octanol–water partition coefficient (Wildman–Crippen LogP) is 0.832. The molecule has 1 heterocycles. The number of hydrogen-bond donors (Lipinski definition) is 1. The van der Waals surface area contributed by atoms with Gasteiger partial charge in [-0.15, -0.1) is 0 Å². The maximum absolute atomic E-state index is 11.8. The molecule has 0 radical (unpaired) electrons. The van der Waals surface area contributed by atoms with Crippen molar-refractivity contribution in [2.45, 2.75) is 6.10 Å². The molecule has 0 saturated carbocycles. The molecule has 1 aromatic carbocycles. The molecule has 1 saturated heterocycles. The quantitative estimate of drug-likeness (QED) is 0.771. The minimum Gasteiger partial charge on any atom is -0.493 e. The predicted molar refractivity (Wildman–Crippen MR) is 61.6 cm³/mol. The highest BCUT2D eigenvalue weighted by atomic mass is 16.6. The second-order valence-corrected chi connectivity index (χ2v) is 3.74. The number of rotatable bonds is 5. The normalized spacial score (nSPS) is 17.4. The fourth-order valence-electron chi connectivity index (χ4n) is 1.47. The molecule has 1 atom stereocenters. The van der Waals surface area contributed by atoms with Crippen molar-refractivity contribution in [1.82, 2.24) is 5.32 Å². The Labute approximate surface area is 99.7 Å². The average Bonchev–Trinajstić information content (AvgIpc) is 3.19. The Morgan fingerprint density at radius 3 is 2.71 bits per heavy atom. The third-order valence-electron chi connectivity index (χ3n) is 2.54. The van der Waals surface area contributed by atoms with Gasteiger partial charge >= 0.3 is 0 Å². The molecule has 92 valence electrons. The van der Waals surface area contributed by atoms with Crippen LogP contribution in [0.5, 0.6) is 11.5 Å². The zero-order valence-electron chi connectivity index (χ0n) is 9.86. The van der Waals surface area contributed by atoms with Crippen molar-refractivity contribution in [2.75, 3.05) is 27.4 Å². The van der Waals surface area contributed by atoms with Crippen LogP contribution in [0.4, 0.5) is 0 Å². The Balaban J connectivity index is 2.05. The SMILES string of the molecule is COc1ccc(C(=O)NC[C@@H]2CO2)cc1OC. The van der Waals surface area contributed by atoms with Gasteiger partial charge in [-0.25, -0.2) is 0 Å². The number of epoxide rings is 1. The zero-order chi connectivity index (χ0) is 12.3. The summed E-state index contributed by atoms with van der Waals surface area (Å²) in [5.41, 5.74) is 0.545. The van der Waals surface area contributed by atoms with E-state index in [1.807, 2.05) is 0 Å². The Morgan fingerprint density at radius 2 is 2.12 bits per heavy atom. The van der Waals surface area contributed by atoms with Crippen LogP contribution in [0, 0.1) is 0 Å². The first-order chi connectivity index (χ1) is 8.24. The minimum absolute atomic E-state index is 0.138. The highest BCUT2D eigenvalue weighted by Crippen LogP contribution is 2.27. The van der Waals surface area contributed by atoms with E-state index in [9.17, 15) is 4.79 Å². The first kappa shape index (κ1) is 11.7. The summed E-state index contributed by atoms with van der Waals surface area (Å²) in [5.74, 6) is 1.01. The molecule has 1 fully saturated rings. The van der Waals surface area contributed by atoms with E-state index in [2.05, 4.69) is 5.32 Å². The van der Waals surface area contributed by atoms with Gasteiger partial charge in [-0.2, -0.15) is 0 Å². The van der Waals surface area contributed by atoms with E-state index in [0.717, 1.165) is 6.61 Å². The largest absolute Gasteiger partial charge is 0.493 e. The maximum atomic E-state index is 11.8. The Hall–Kier alpha value is -1.75. The number of nitrogens with one attached hydrogen (secondary N) is 1. The molecule has 0 aliphatic carbocycles. The van der Waals surface area contributed by atoms with E-state index in [1.54, 1.807) is 25.3 Å². The summed E-state index contributed by atoms with van der Waals surface area (Å²) in [6.07, 6.45) is 0.180. The maximum Gasteiger partial charge on any atom is 0.251 e. The van der Waals surface area contributed by atoms with Crippen LogP contribution in [0.2, 0.25) is 0 Å². The summed E-state index contributed by atoms with van der Waals surface area (Å²) in [7, 11) is 3.10. The summed E-state index contributed by atoms with van der Waals surface area (Å²) in [5, 5.41) is 2.79. The Morgan fingerprint density at radius 1 is 1.41 bits per heavy atom. The molecule has 2 rings (SSSR count). The topological polar surface area (TPSA) is 60.1 Å². The summed E-state index contributed by atoms with van der Waals surface area (Å²) >= 11 is 0. The van der Waals surface area contributed by atoms with E-state index < -0.39 is 0 Å². The Bertz CT molecular complexity index is 415. The van der Waals surface area contributed by atoms with Crippen LogP contribution in [0.1, 0.15) is 10.4 Å². The number of hydrogen-bond acceptors (Lipinski definition) is 4. The van der Waals surface area contributed by atoms with Gasteiger partial charge in [0.15, 0.2) is 11.5 Å². The fraction of sp³-hybridized carbons (Fsp3) is 0.417. The molecule has 5 nitrogen and oxygen atoms in total. The lowest BCUT2D eigenvalue weighted by molar-refractivity contribution is 0.0950. The standard InChI is InChI=1S/C12H15NO4/c1-15-10-4-3-8(5-11(10)16-2)12(14)13-6-9-7-17-9/h3-5,9H,6-7H2,1-2H3,(H,13,14)/t9-/m1/s1. The molecule has 0 unspecified atom stereocenters. The lowest BCUT2D eigenvalue weighted by Gasteiger charge is -2.09. The van der Waals surface area contributed by atoms with E-state index in [1.165, 1.54) is 7.11 Å². The van der Waals surface area contributed by atoms with Crippen molar-refractivity contribution in [2.24, 2.45) is 0 Å². The van der Waals surface area contributed by atoms with E-state index >= 15 is 0 Å². The number of benzene rings is 1. The third-order valence-corrected chi connectivity index (χ3v) is 2.54. The van der Waals surface area contributed by atoms with Crippen molar-refractivity contribution in [3.8, 4) is 11.5 Å². The van der Waals surface area contributed by atoms with Gasteiger partial charge in [0.25, 0.3) is 5.91 Å². The molecule has 5 heteroatoms. The molecule has 1 aliphatic heterocycles. The highest BCUT2D eigenvalue weighted by molar-refractivity contribution is 5.94. The second kappa shape index (κ2) is 5.05. The molecular formula is C12H15NO4. The molecule has 1 amide bonds.